The average molecular weight is 470 g/mol. The molecule has 2 aliphatic rings. The number of aliphatic hydroxyl groups is 1. The van der Waals surface area contributed by atoms with Crippen molar-refractivity contribution >= 4 is 5.91 Å². The Morgan fingerprint density at radius 1 is 1.18 bits per heavy atom. The summed E-state index contributed by atoms with van der Waals surface area (Å²) in [5.74, 6) is 0.318. The molecule has 2 aromatic rings. The third-order valence-corrected chi connectivity index (χ3v) is 7.11. The summed E-state index contributed by atoms with van der Waals surface area (Å²) >= 11 is 0. The van der Waals surface area contributed by atoms with E-state index in [0.717, 1.165) is 11.1 Å². The standard InChI is InChI=1S/C27H35NO6/c1-18(29)27(4)17-28(25(30)24-16-33-26(2,3)34-24)14-21(27)20-11-12-22(31-5)23(13-20)32-15-19-9-7-6-8-10-19/h6-13,18,21,24,29H,14-17H2,1-5H3/t18?,21-,24-,27-/m0/s1. The molecule has 1 unspecified atom stereocenters. The second kappa shape index (κ2) is 9.56. The normalized spacial score (nSPS) is 26.9. The average Bonchev–Trinajstić information content (AvgIpc) is 3.38. The molecule has 184 valence electrons. The zero-order chi connectivity index (χ0) is 24.5. The first kappa shape index (κ1) is 24.5. The Kier molecular flexibility index (Phi) is 6.90. The molecule has 4 atom stereocenters. The van der Waals surface area contributed by atoms with Crippen LogP contribution in [0, 0.1) is 5.41 Å². The van der Waals surface area contributed by atoms with Gasteiger partial charge in [-0.1, -0.05) is 43.3 Å². The highest BCUT2D eigenvalue weighted by Crippen LogP contribution is 2.47. The van der Waals surface area contributed by atoms with Crippen LogP contribution >= 0.6 is 0 Å². The van der Waals surface area contributed by atoms with Crippen LogP contribution in [0.5, 0.6) is 11.5 Å². The summed E-state index contributed by atoms with van der Waals surface area (Å²) in [4.78, 5) is 15.0. The van der Waals surface area contributed by atoms with Gasteiger partial charge in [-0.2, -0.15) is 0 Å². The fourth-order valence-electron chi connectivity index (χ4n) is 4.86. The highest BCUT2D eigenvalue weighted by molar-refractivity contribution is 5.82. The van der Waals surface area contributed by atoms with Crippen molar-refractivity contribution in [1.29, 1.82) is 0 Å². The SMILES string of the molecule is COc1ccc([C@@H]2CN(C(=O)[C@@H]3COC(C)(C)O3)C[C@@]2(C)C(C)O)cc1OCc1ccccc1. The Labute approximate surface area is 201 Å². The van der Waals surface area contributed by atoms with E-state index in [4.69, 9.17) is 18.9 Å². The fourth-order valence-corrected chi connectivity index (χ4v) is 4.86. The number of methoxy groups -OCH3 is 1. The first-order valence-electron chi connectivity index (χ1n) is 11.8. The predicted molar refractivity (Wildman–Crippen MR) is 128 cm³/mol. The predicted octanol–water partition coefficient (Wildman–Crippen LogP) is 3.74. The van der Waals surface area contributed by atoms with Gasteiger partial charge in [0, 0.05) is 24.4 Å². The minimum atomic E-state index is -0.770. The number of benzene rings is 2. The maximum atomic E-state index is 13.2. The van der Waals surface area contributed by atoms with E-state index in [2.05, 4.69) is 0 Å². The maximum absolute atomic E-state index is 13.2. The molecule has 4 rings (SSSR count). The molecule has 34 heavy (non-hydrogen) atoms. The molecule has 0 bridgehead atoms. The molecule has 1 N–H and O–H groups in total. The van der Waals surface area contributed by atoms with Gasteiger partial charge in [0.15, 0.2) is 23.4 Å². The lowest BCUT2D eigenvalue weighted by molar-refractivity contribution is -0.159. The van der Waals surface area contributed by atoms with Crippen LogP contribution in [-0.4, -0.2) is 60.7 Å². The van der Waals surface area contributed by atoms with Crippen molar-refractivity contribution in [2.24, 2.45) is 5.41 Å². The molecule has 7 nitrogen and oxygen atoms in total. The van der Waals surface area contributed by atoms with E-state index in [-0.39, 0.29) is 18.4 Å². The summed E-state index contributed by atoms with van der Waals surface area (Å²) in [6.07, 6.45) is -1.25. The third-order valence-electron chi connectivity index (χ3n) is 7.11. The van der Waals surface area contributed by atoms with Crippen LogP contribution in [0.4, 0.5) is 0 Å². The second-order valence-corrected chi connectivity index (χ2v) is 9.96. The molecule has 0 saturated carbocycles. The van der Waals surface area contributed by atoms with Crippen molar-refractivity contribution < 1.29 is 28.8 Å². The van der Waals surface area contributed by atoms with Crippen LogP contribution in [0.1, 0.15) is 44.7 Å². The Hall–Kier alpha value is -2.61. The van der Waals surface area contributed by atoms with Gasteiger partial charge in [-0.05, 0) is 44.0 Å². The topological polar surface area (TPSA) is 77.5 Å². The molecule has 0 aromatic heterocycles. The molecule has 0 radical (unpaired) electrons. The quantitative estimate of drug-likeness (QED) is 0.666. The molecule has 2 aliphatic heterocycles. The van der Waals surface area contributed by atoms with E-state index in [1.165, 1.54) is 0 Å². The third kappa shape index (κ3) is 4.92. The monoisotopic (exact) mass is 469 g/mol. The molecule has 7 heteroatoms. The summed E-state index contributed by atoms with van der Waals surface area (Å²) in [6.45, 7) is 8.99. The van der Waals surface area contributed by atoms with Crippen LogP contribution in [0.3, 0.4) is 0 Å². The lowest BCUT2D eigenvalue weighted by Gasteiger charge is -2.34. The van der Waals surface area contributed by atoms with Gasteiger partial charge in [0.1, 0.15) is 6.61 Å². The summed E-state index contributed by atoms with van der Waals surface area (Å²) in [5, 5.41) is 10.8. The summed E-state index contributed by atoms with van der Waals surface area (Å²) in [6, 6.07) is 15.8. The number of amides is 1. The van der Waals surface area contributed by atoms with Gasteiger partial charge < -0.3 is 29.0 Å². The van der Waals surface area contributed by atoms with Crippen molar-refractivity contribution in [2.45, 2.75) is 58.2 Å². The van der Waals surface area contributed by atoms with Gasteiger partial charge in [0.2, 0.25) is 0 Å². The van der Waals surface area contributed by atoms with E-state index in [1.807, 2.05) is 55.5 Å². The summed E-state index contributed by atoms with van der Waals surface area (Å²) < 4.78 is 23.0. The zero-order valence-corrected chi connectivity index (χ0v) is 20.6. The fraction of sp³-hybridized carbons (Fsp3) is 0.519. The van der Waals surface area contributed by atoms with E-state index in [0.29, 0.717) is 31.2 Å². The van der Waals surface area contributed by atoms with Gasteiger partial charge in [-0.15, -0.1) is 0 Å². The number of carbonyl (C=O) groups is 1. The number of hydrogen-bond acceptors (Lipinski definition) is 6. The van der Waals surface area contributed by atoms with E-state index in [1.54, 1.807) is 32.8 Å². The number of nitrogens with zero attached hydrogens (tertiary/aromatic N) is 1. The summed E-state index contributed by atoms with van der Waals surface area (Å²) in [5.41, 5.74) is 1.52. The van der Waals surface area contributed by atoms with Crippen molar-refractivity contribution in [1.82, 2.24) is 4.90 Å². The van der Waals surface area contributed by atoms with Crippen molar-refractivity contribution in [3.63, 3.8) is 0 Å². The lowest BCUT2D eigenvalue weighted by Crippen LogP contribution is -2.42. The molecular formula is C27H35NO6. The second-order valence-electron chi connectivity index (χ2n) is 9.96. The van der Waals surface area contributed by atoms with Gasteiger partial charge in [0.25, 0.3) is 5.91 Å². The first-order chi connectivity index (χ1) is 16.1. The van der Waals surface area contributed by atoms with Gasteiger partial charge >= 0.3 is 0 Å². The molecule has 2 fully saturated rings. The lowest BCUT2D eigenvalue weighted by atomic mass is 9.72. The zero-order valence-electron chi connectivity index (χ0n) is 20.6. The molecule has 2 heterocycles. The Morgan fingerprint density at radius 3 is 2.53 bits per heavy atom. The number of ether oxygens (including phenoxy) is 4. The molecule has 0 spiro atoms. The first-order valence-corrected chi connectivity index (χ1v) is 11.8. The van der Waals surface area contributed by atoms with E-state index in [9.17, 15) is 9.90 Å². The molecule has 2 saturated heterocycles. The molecule has 1 amide bonds. The Balaban J connectivity index is 1.57. The number of likely N-dealkylation sites (tertiary alicyclic amines) is 1. The minimum Gasteiger partial charge on any atom is -0.493 e. The summed E-state index contributed by atoms with van der Waals surface area (Å²) in [7, 11) is 1.62. The minimum absolute atomic E-state index is 0.0863. The number of hydrogen-bond donors (Lipinski definition) is 1. The van der Waals surface area contributed by atoms with Crippen LogP contribution < -0.4 is 9.47 Å². The van der Waals surface area contributed by atoms with Crippen LogP contribution in [0.2, 0.25) is 0 Å². The highest BCUT2D eigenvalue weighted by atomic mass is 16.7. The van der Waals surface area contributed by atoms with Gasteiger partial charge in [-0.25, -0.2) is 0 Å². The van der Waals surface area contributed by atoms with Crippen LogP contribution in [-0.2, 0) is 20.9 Å². The highest BCUT2D eigenvalue weighted by Gasteiger charge is 2.50. The van der Waals surface area contributed by atoms with Gasteiger partial charge in [0.05, 0.1) is 19.8 Å². The van der Waals surface area contributed by atoms with E-state index < -0.39 is 23.4 Å². The van der Waals surface area contributed by atoms with Crippen molar-refractivity contribution in [3.8, 4) is 11.5 Å². The number of carbonyl (C=O) groups excluding carboxylic acids is 1. The van der Waals surface area contributed by atoms with E-state index >= 15 is 0 Å². The van der Waals surface area contributed by atoms with Crippen molar-refractivity contribution in [2.75, 3.05) is 26.8 Å². The van der Waals surface area contributed by atoms with Crippen LogP contribution in [0.15, 0.2) is 48.5 Å². The number of rotatable bonds is 7. The smallest absolute Gasteiger partial charge is 0.254 e. The Morgan fingerprint density at radius 2 is 1.91 bits per heavy atom. The Bertz CT molecular complexity index is 1010. The molecular weight excluding hydrogens is 434 g/mol. The maximum Gasteiger partial charge on any atom is 0.254 e. The van der Waals surface area contributed by atoms with Crippen LogP contribution in [0.25, 0.3) is 0 Å². The number of aliphatic hydroxyl groups excluding tert-OH is 1. The molecule has 0 aliphatic carbocycles. The van der Waals surface area contributed by atoms with Crippen molar-refractivity contribution in [3.05, 3.63) is 59.7 Å². The molecule has 2 aromatic carbocycles. The largest absolute Gasteiger partial charge is 0.493 e. The van der Waals surface area contributed by atoms with Gasteiger partial charge in [-0.3, -0.25) is 4.79 Å².